The van der Waals surface area contributed by atoms with Crippen LogP contribution in [-0.4, -0.2) is 16.5 Å². The summed E-state index contributed by atoms with van der Waals surface area (Å²) in [5.74, 6) is 0.559. The molecule has 1 heterocycles. The van der Waals surface area contributed by atoms with Crippen LogP contribution in [0.1, 0.15) is 22.7 Å². The Balaban J connectivity index is 1.68. The number of hydrogen-bond donors (Lipinski definition) is 2. The molecule has 0 saturated heterocycles. The zero-order valence-corrected chi connectivity index (χ0v) is 15.7. The van der Waals surface area contributed by atoms with Gasteiger partial charge in [-0.1, -0.05) is 35.9 Å². The van der Waals surface area contributed by atoms with Crippen molar-refractivity contribution < 1.29 is 13.2 Å². The molecule has 1 aromatic heterocycles. The quantitative estimate of drug-likeness (QED) is 0.608. The van der Waals surface area contributed by atoms with Gasteiger partial charge in [0.25, 0.3) is 0 Å². The first kappa shape index (κ1) is 20.1. The van der Waals surface area contributed by atoms with Crippen LogP contribution in [0.3, 0.4) is 0 Å². The number of nitrogens with one attached hydrogen (secondary N) is 1. The third kappa shape index (κ3) is 4.79. The van der Waals surface area contributed by atoms with Crippen molar-refractivity contribution in [2.75, 3.05) is 11.9 Å². The standard InChI is InChI=1S/C20H18ClF3N4/c1-12-2-3-14(8-16(12)21)18-9-19(28-11-27-18)26-10-17(25)13-4-6-15(7-5-13)20(22,23)24/h2-9,11,17H,10,25H2,1H3,(H,26,27,28)/t17-/m0/s1. The van der Waals surface area contributed by atoms with Crippen LogP contribution in [0.5, 0.6) is 0 Å². The molecule has 0 unspecified atom stereocenters. The van der Waals surface area contributed by atoms with E-state index < -0.39 is 17.8 Å². The minimum atomic E-state index is -4.36. The molecule has 0 aliphatic carbocycles. The van der Waals surface area contributed by atoms with Crippen molar-refractivity contribution in [3.05, 3.63) is 76.6 Å². The summed E-state index contributed by atoms with van der Waals surface area (Å²) in [6.07, 6.45) is -2.94. The normalized spacial score (nSPS) is 12.6. The number of benzene rings is 2. The van der Waals surface area contributed by atoms with Crippen molar-refractivity contribution in [3.63, 3.8) is 0 Å². The monoisotopic (exact) mass is 406 g/mol. The lowest BCUT2D eigenvalue weighted by Crippen LogP contribution is -2.21. The second-order valence-corrected chi connectivity index (χ2v) is 6.77. The van der Waals surface area contributed by atoms with Crippen molar-refractivity contribution in [2.24, 2.45) is 5.73 Å². The molecule has 0 saturated carbocycles. The van der Waals surface area contributed by atoms with E-state index in [9.17, 15) is 13.2 Å². The Hall–Kier alpha value is -2.64. The number of aromatic nitrogens is 2. The van der Waals surface area contributed by atoms with E-state index in [-0.39, 0.29) is 0 Å². The summed E-state index contributed by atoms with van der Waals surface area (Å²) >= 11 is 6.17. The van der Waals surface area contributed by atoms with Crippen LogP contribution in [0.4, 0.5) is 19.0 Å². The van der Waals surface area contributed by atoms with Crippen LogP contribution in [0.2, 0.25) is 5.02 Å². The van der Waals surface area contributed by atoms with Gasteiger partial charge in [-0.25, -0.2) is 9.97 Å². The molecule has 3 aromatic rings. The van der Waals surface area contributed by atoms with Crippen molar-refractivity contribution >= 4 is 17.4 Å². The summed E-state index contributed by atoms with van der Waals surface area (Å²) in [6.45, 7) is 2.22. The molecule has 8 heteroatoms. The van der Waals surface area contributed by atoms with Crippen LogP contribution >= 0.6 is 11.6 Å². The molecule has 0 fully saturated rings. The summed E-state index contributed by atoms with van der Waals surface area (Å²) < 4.78 is 37.9. The average molecular weight is 407 g/mol. The number of hydrogen-bond acceptors (Lipinski definition) is 4. The van der Waals surface area contributed by atoms with Gasteiger partial charge in [-0.3, -0.25) is 0 Å². The summed E-state index contributed by atoms with van der Waals surface area (Å²) in [4.78, 5) is 8.41. The minimum Gasteiger partial charge on any atom is -0.368 e. The lowest BCUT2D eigenvalue weighted by Gasteiger charge is -2.15. The Morgan fingerprint density at radius 2 is 1.79 bits per heavy atom. The number of rotatable bonds is 5. The van der Waals surface area contributed by atoms with Gasteiger partial charge in [0.1, 0.15) is 12.1 Å². The first-order valence-electron chi connectivity index (χ1n) is 8.49. The van der Waals surface area contributed by atoms with Crippen LogP contribution in [0, 0.1) is 6.92 Å². The van der Waals surface area contributed by atoms with Gasteiger partial charge in [0.2, 0.25) is 0 Å². The molecule has 28 heavy (non-hydrogen) atoms. The van der Waals surface area contributed by atoms with Gasteiger partial charge in [-0.15, -0.1) is 0 Å². The molecule has 4 nitrogen and oxygen atoms in total. The Bertz CT molecular complexity index is 958. The summed E-state index contributed by atoms with van der Waals surface area (Å²) in [5, 5.41) is 3.74. The second-order valence-electron chi connectivity index (χ2n) is 6.36. The number of nitrogens with two attached hydrogens (primary N) is 1. The van der Waals surface area contributed by atoms with Gasteiger partial charge in [0.05, 0.1) is 11.3 Å². The highest BCUT2D eigenvalue weighted by Crippen LogP contribution is 2.30. The van der Waals surface area contributed by atoms with E-state index in [1.165, 1.54) is 18.5 Å². The number of nitrogens with zero attached hydrogens (tertiary/aromatic N) is 2. The van der Waals surface area contributed by atoms with Gasteiger partial charge in [0.15, 0.2) is 0 Å². The predicted molar refractivity (Wildman–Crippen MR) is 104 cm³/mol. The third-order valence-electron chi connectivity index (χ3n) is 4.30. The molecule has 0 amide bonds. The molecule has 146 valence electrons. The maximum Gasteiger partial charge on any atom is 0.416 e. The Morgan fingerprint density at radius 1 is 1.07 bits per heavy atom. The maximum absolute atomic E-state index is 12.6. The van der Waals surface area contributed by atoms with Crippen LogP contribution < -0.4 is 11.1 Å². The van der Waals surface area contributed by atoms with E-state index in [0.29, 0.717) is 28.6 Å². The van der Waals surface area contributed by atoms with Crippen molar-refractivity contribution in [1.29, 1.82) is 0 Å². The van der Waals surface area contributed by atoms with Crippen LogP contribution in [0.15, 0.2) is 54.9 Å². The predicted octanol–water partition coefficient (Wildman–Crippen LogP) is 5.24. The third-order valence-corrected chi connectivity index (χ3v) is 4.71. The molecule has 0 aliphatic rings. The maximum atomic E-state index is 12.6. The van der Waals surface area contributed by atoms with Crippen molar-refractivity contribution in [2.45, 2.75) is 19.1 Å². The largest absolute Gasteiger partial charge is 0.416 e. The number of aryl methyl sites for hydroxylation is 1. The highest BCUT2D eigenvalue weighted by molar-refractivity contribution is 6.31. The summed E-state index contributed by atoms with van der Waals surface area (Å²) in [5.41, 5.74) is 8.50. The van der Waals surface area contributed by atoms with E-state index in [0.717, 1.165) is 23.3 Å². The fourth-order valence-electron chi connectivity index (χ4n) is 2.62. The van der Waals surface area contributed by atoms with Gasteiger partial charge >= 0.3 is 6.18 Å². The van der Waals surface area contributed by atoms with E-state index in [4.69, 9.17) is 17.3 Å². The topological polar surface area (TPSA) is 63.8 Å². The highest BCUT2D eigenvalue weighted by atomic mass is 35.5. The summed E-state index contributed by atoms with van der Waals surface area (Å²) in [7, 11) is 0. The number of halogens is 4. The van der Waals surface area contributed by atoms with Gasteiger partial charge in [-0.2, -0.15) is 13.2 Å². The minimum absolute atomic E-state index is 0.302. The van der Waals surface area contributed by atoms with Gasteiger partial charge < -0.3 is 11.1 Å². The van der Waals surface area contributed by atoms with Crippen LogP contribution in [-0.2, 0) is 6.18 Å². The Kier molecular flexibility index (Phi) is 5.86. The number of alkyl halides is 3. The van der Waals surface area contributed by atoms with Crippen molar-refractivity contribution in [1.82, 2.24) is 9.97 Å². The lowest BCUT2D eigenvalue weighted by molar-refractivity contribution is -0.137. The molecular weight excluding hydrogens is 389 g/mol. The SMILES string of the molecule is Cc1ccc(-c2cc(NC[C@H](N)c3ccc(C(F)(F)F)cc3)ncn2)cc1Cl. The molecule has 2 aromatic carbocycles. The Morgan fingerprint density at radius 3 is 2.43 bits per heavy atom. The molecule has 0 bridgehead atoms. The first-order valence-corrected chi connectivity index (χ1v) is 8.87. The van der Waals surface area contributed by atoms with Gasteiger partial charge in [0, 0.05) is 29.2 Å². The van der Waals surface area contributed by atoms with Crippen molar-refractivity contribution in [3.8, 4) is 11.3 Å². The molecule has 3 N–H and O–H groups in total. The average Bonchev–Trinajstić information content (AvgIpc) is 2.68. The van der Waals surface area contributed by atoms with E-state index in [2.05, 4.69) is 15.3 Å². The zero-order valence-electron chi connectivity index (χ0n) is 15.0. The highest BCUT2D eigenvalue weighted by Gasteiger charge is 2.30. The molecule has 0 radical (unpaired) electrons. The van der Waals surface area contributed by atoms with Crippen LogP contribution in [0.25, 0.3) is 11.3 Å². The molecule has 3 rings (SSSR count). The first-order chi connectivity index (χ1) is 13.2. The molecular formula is C20H18ClF3N4. The molecule has 0 aliphatic heterocycles. The molecule has 0 spiro atoms. The molecule has 1 atom stereocenters. The number of anilines is 1. The second kappa shape index (κ2) is 8.16. The van der Waals surface area contributed by atoms with E-state index >= 15 is 0 Å². The fraction of sp³-hybridized carbons (Fsp3) is 0.200. The summed E-state index contributed by atoms with van der Waals surface area (Å²) in [6, 6.07) is 11.8. The van der Waals surface area contributed by atoms with E-state index in [1.54, 1.807) is 6.07 Å². The van der Waals surface area contributed by atoms with E-state index in [1.807, 2.05) is 25.1 Å². The zero-order chi connectivity index (χ0) is 20.3. The lowest BCUT2D eigenvalue weighted by atomic mass is 10.1. The smallest absolute Gasteiger partial charge is 0.368 e. The Labute approximate surface area is 165 Å². The fourth-order valence-corrected chi connectivity index (χ4v) is 2.80. The van der Waals surface area contributed by atoms with Gasteiger partial charge in [-0.05, 0) is 36.2 Å².